The smallest absolute Gasteiger partial charge is 0.316 e. The fourth-order valence-corrected chi connectivity index (χ4v) is 2.62. The molecule has 1 aliphatic carbocycles. The molecule has 17 heavy (non-hydrogen) atoms. The van der Waals surface area contributed by atoms with Crippen molar-refractivity contribution in [1.82, 2.24) is 5.32 Å². The standard InChI is InChI=1S/C13H16F3N/c1-17-12-4-2-3-11(12)9-5-7-10(8-6-9)13(14,15)16/h5-8,11-12,17H,2-4H2,1H3/t11-,12+/m1/s1. The van der Waals surface area contributed by atoms with E-state index in [1.54, 1.807) is 12.1 Å². The van der Waals surface area contributed by atoms with Crippen LogP contribution in [0.25, 0.3) is 0 Å². The fraction of sp³-hybridized carbons (Fsp3) is 0.538. The molecule has 0 spiro atoms. The van der Waals surface area contributed by atoms with Crippen LogP contribution >= 0.6 is 0 Å². The summed E-state index contributed by atoms with van der Waals surface area (Å²) in [5.41, 5.74) is 0.440. The molecule has 1 saturated carbocycles. The number of rotatable bonds is 2. The summed E-state index contributed by atoms with van der Waals surface area (Å²) in [6.07, 6.45) is -0.952. The maximum Gasteiger partial charge on any atom is 0.416 e. The lowest BCUT2D eigenvalue weighted by molar-refractivity contribution is -0.137. The van der Waals surface area contributed by atoms with Crippen molar-refractivity contribution in [2.45, 2.75) is 37.4 Å². The van der Waals surface area contributed by atoms with Crippen LogP contribution in [-0.4, -0.2) is 13.1 Å². The van der Waals surface area contributed by atoms with Gasteiger partial charge in [-0.05, 0) is 43.5 Å². The van der Waals surface area contributed by atoms with Crippen LogP contribution < -0.4 is 5.32 Å². The van der Waals surface area contributed by atoms with Crippen molar-refractivity contribution in [3.05, 3.63) is 35.4 Å². The normalized spacial score (nSPS) is 25.2. The number of hydrogen-bond acceptors (Lipinski definition) is 1. The molecule has 2 rings (SSSR count). The molecule has 1 N–H and O–H groups in total. The van der Waals surface area contributed by atoms with Crippen molar-refractivity contribution in [1.29, 1.82) is 0 Å². The minimum absolute atomic E-state index is 0.349. The van der Waals surface area contributed by atoms with Crippen LogP contribution in [0.1, 0.15) is 36.3 Å². The number of alkyl halides is 3. The Morgan fingerprint density at radius 1 is 1.12 bits per heavy atom. The van der Waals surface area contributed by atoms with Gasteiger partial charge in [-0.25, -0.2) is 0 Å². The molecule has 1 aromatic carbocycles. The summed E-state index contributed by atoms with van der Waals surface area (Å²) in [4.78, 5) is 0. The molecule has 0 aliphatic heterocycles. The molecule has 0 heterocycles. The Hall–Kier alpha value is -1.03. The van der Waals surface area contributed by atoms with Crippen molar-refractivity contribution in [3.63, 3.8) is 0 Å². The molecule has 0 aromatic heterocycles. The lowest BCUT2D eigenvalue weighted by Crippen LogP contribution is -2.27. The highest BCUT2D eigenvalue weighted by molar-refractivity contribution is 5.28. The van der Waals surface area contributed by atoms with E-state index in [4.69, 9.17) is 0 Å². The third-order valence-corrected chi connectivity index (χ3v) is 3.55. The molecule has 0 amide bonds. The molecule has 0 radical (unpaired) electrons. The molecule has 4 heteroatoms. The second-order valence-corrected chi connectivity index (χ2v) is 4.55. The zero-order valence-corrected chi connectivity index (χ0v) is 9.72. The molecule has 2 atom stereocenters. The highest BCUT2D eigenvalue weighted by Gasteiger charge is 2.31. The van der Waals surface area contributed by atoms with E-state index in [2.05, 4.69) is 5.32 Å². The van der Waals surface area contributed by atoms with Crippen LogP contribution in [0.4, 0.5) is 13.2 Å². The van der Waals surface area contributed by atoms with E-state index in [1.165, 1.54) is 12.1 Å². The summed E-state index contributed by atoms with van der Waals surface area (Å²) < 4.78 is 37.3. The monoisotopic (exact) mass is 243 g/mol. The summed E-state index contributed by atoms with van der Waals surface area (Å²) in [6, 6.07) is 5.99. The average molecular weight is 243 g/mol. The van der Waals surface area contributed by atoms with Gasteiger partial charge >= 0.3 is 6.18 Å². The molecular weight excluding hydrogens is 227 g/mol. The lowest BCUT2D eigenvalue weighted by Gasteiger charge is -2.19. The quantitative estimate of drug-likeness (QED) is 0.837. The van der Waals surface area contributed by atoms with Gasteiger partial charge in [0.1, 0.15) is 0 Å². The van der Waals surface area contributed by atoms with Gasteiger partial charge in [0.2, 0.25) is 0 Å². The molecule has 1 aliphatic rings. The van der Waals surface area contributed by atoms with Crippen LogP contribution in [0.2, 0.25) is 0 Å². The number of nitrogens with one attached hydrogen (secondary N) is 1. The van der Waals surface area contributed by atoms with Crippen molar-refractivity contribution < 1.29 is 13.2 Å². The summed E-state index contributed by atoms with van der Waals surface area (Å²) in [6.45, 7) is 0. The second kappa shape index (κ2) is 4.69. The van der Waals surface area contributed by atoms with Gasteiger partial charge in [-0.1, -0.05) is 18.6 Å². The largest absolute Gasteiger partial charge is 0.416 e. The predicted molar refractivity (Wildman–Crippen MR) is 60.9 cm³/mol. The third-order valence-electron chi connectivity index (χ3n) is 3.55. The van der Waals surface area contributed by atoms with Crippen molar-refractivity contribution in [2.24, 2.45) is 0 Å². The molecule has 0 bridgehead atoms. The summed E-state index contributed by atoms with van der Waals surface area (Å²) >= 11 is 0. The number of hydrogen-bond donors (Lipinski definition) is 1. The third kappa shape index (κ3) is 2.63. The minimum Gasteiger partial charge on any atom is -0.316 e. The summed E-state index contributed by atoms with van der Waals surface area (Å²) in [7, 11) is 1.91. The molecule has 94 valence electrons. The molecule has 1 aromatic rings. The van der Waals surface area contributed by atoms with E-state index in [-0.39, 0.29) is 0 Å². The fourth-order valence-electron chi connectivity index (χ4n) is 2.62. The Morgan fingerprint density at radius 2 is 1.76 bits per heavy atom. The maximum atomic E-state index is 12.4. The Kier molecular flexibility index (Phi) is 3.43. The number of benzene rings is 1. The Labute approximate surface area is 99.0 Å². The second-order valence-electron chi connectivity index (χ2n) is 4.55. The van der Waals surface area contributed by atoms with Crippen molar-refractivity contribution >= 4 is 0 Å². The Balaban J connectivity index is 2.18. The van der Waals surface area contributed by atoms with Gasteiger partial charge < -0.3 is 5.32 Å². The Morgan fingerprint density at radius 3 is 2.29 bits per heavy atom. The van der Waals surface area contributed by atoms with Crippen LogP contribution in [0.3, 0.4) is 0 Å². The van der Waals surface area contributed by atoms with Gasteiger partial charge in [-0.3, -0.25) is 0 Å². The average Bonchev–Trinajstić information content (AvgIpc) is 2.76. The van der Waals surface area contributed by atoms with Crippen LogP contribution in [0.5, 0.6) is 0 Å². The first-order chi connectivity index (χ1) is 8.02. The van der Waals surface area contributed by atoms with E-state index in [0.717, 1.165) is 24.8 Å². The SMILES string of the molecule is CN[C@H]1CCC[C@@H]1c1ccc(C(F)(F)F)cc1. The van der Waals surface area contributed by atoms with Gasteiger partial charge in [0.05, 0.1) is 5.56 Å². The van der Waals surface area contributed by atoms with E-state index >= 15 is 0 Å². The van der Waals surface area contributed by atoms with Gasteiger partial charge in [0.15, 0.2) is 0 Å². The molecule has 1 nitrogen and oxygen atoms in total. The first kappa shape index (κ1) is 12.4. The highest BCUT2D eigenvalue weighted by Crippen LogP contribution is 2.36. The number of halogens is 3. The first-order valence-electron chi connectivity index (χ1n) is 5.87. The van der Waals surface area contributed by atoms with Crippen LogP contribution in [-0.2, 0) is 6.18 Å². The minimum atomic E-state index is -4.24. The van der Waals surface area contributed by atoms with E-state index in [1.807, 2.05) is 7.05 Å². The van der Waals surface area contributed by atoms with E-state index < -0.39 is 11.7 Å². The van der Waals surface area contributed by atoms with E-state index in [9.17, 15) is 13.2 Å². The van der Waals surface area contributed by atoms with Gasteiger partial charge in [0, 0.05) is 6.04 Å². The predicted octanol–water partition coefficient (Wildman–Crippen LogP) is 3.56. The van der Waals surface area contributed by atoms with E-state index in [0.29, 0.717) is 12.0 Å². The molecule has 1 fully saturated rings. The van der Waals surface area contributed by atoms with Crippen molar-refractivity contribution in [2.75, 3.05) is 7.05 Å². The molecule has 0 unspecified atom stereocenters. The molecular formula is C13H16F3N. The first-order valence-corrected chi connectivity index (χ1v) is 5.87. The van der Waals surface area contributed by atoms with Crippen LogP contribution in [0, 0.1) is 0 Å². The van der Waals surface area contributed by atoms with Gasteiger partial charge in [-0.2, -0.15) is 13.2 Å². The van der Waals surface area contributed by atoms with Gasteiger partial charge in [-0.15, -0.1) is 0 Å². The maximum absolute atomic E-state index is 12.4. The van der Waals surface area contributed by atoms with Crippen LogP contribution in [0.15, 0.2) is 24.3 Å². The summed E-state index contributed by atoms with van der Waals surface area (Å²) in [5, 5.41) is 3.24. The lowest BCUT2D eigenvalue weighted by atomic mass is 9.93. The summed E-state index contributed by atoms with van der Waals surface area (Å²) in [5.74, 6) is 0.349. The Bertz CT molecular complexity index is 369. The highest BCUT2D eigenvalue weighted by atomic mass is 19.4. The number of likely N-dealkylation sites (N-methyl/N-ethyl adjacent to an activating group) is 1. The van der Waals surface area contributed by atoms with Crippen molar-refractivity contribution in [3.8, 4) is 0 Å². The van der Waals surface area contributed by atoms with Gasteiger partial charge in [0.25, 0.3) is 0 Å². The topological polar surface area (TPSA) is 12.0 Å². The molecule has 0 saturated heterocycles. The zero-order chi connectivity index (χ0) is 12.5. The zero-order valence-electron chi connectivity index (χ0n) is 9.72.